The van der Waals surface area contributed by atoms with Crippen molar-refractivity contribution in [1.29, 1.82) is 0 Å². The van der Waals surface area contributed by atoms with Gasteiger partial charge in [0.1, 0.15) is 0 Å². The molecule has 0 radical (unpaired) electrons. The summed E-state index contributed by atoms with van der Waals surface area (Å²) in [5, 5.41) is 0.178. The Kier molecular flexibility index (Phi) is 8.49. The quantitative estimate of drug-likeness (QED) is 0.475. The van der Waals surface area contributed by atoms with Crippen LogP contribution in [0.2, 0.25) is 0 Å². The van der Waals surface area contributed by atoms with Crippen molar-refractivity contribution in [2.24, 2.45) is 0 Å². The third kappa shape index (κ3) is 6.63. The summed E-state index contributed by atoms with van der Waals surface area (Å²) in [5.74, 6) is 0.314. The van der Waals surface area contributed by atoms with Crippen LogP contribution in [0.15, 0.2) is 0 Å². The summed E-state index contributed by atoms with van der Waals surface area (Å²) in [6.45, 7) is 3.91. The first kappa shape index (κ1) is 15.8. The number of rotatable bonds is 8. The van der Waals surface area contributed by atoms with Crippen LogP contribution in [0, 0.1) is 0 Å². The van der Waals surface area contributed by atoms with Crippen LogP contribution in [-0.4, -0.2) is 29.3 Å². The zero-order chi connectivity index (χ0) is 13.2. The normalized spacial score (nSPS) is 20.1. The van der Waals surface area contributed by atoms with Crippen LogP contribution in [-0.2, 0) is 4.79 Å². The molecule has 1 rings (SSSR count). The SMILES string of the molecule is CCCCCCCCCC(=O)N1CCCC(Cl)C1. The van der Waals surface area contributed by atoms with E-state index in [1.807, 2.05) is 4.90 Å². The highest BCUT2D eigenvalue weighted by Gasteiger charge is 2.21. The van der Waals surface area contributed by atoms with Crippen molar-refractivity contribution in [3.05, 3.63) is 0 Å². The molecule has 1 unspecified atom stereocenters. The van der Waals surface area contributed by atoms with Gasteiger partial charge in [0, 0.05) is 19.5 Å². The molecular formula is C15H28ClNO. The molecule has 0 N–H and O–H groups in total. The lowest BCUT2D eigenvalue weighted by Crippen LogP contribution is -2.40. The molecule has 1 aliphatic rings. The second-order valence-corrected chi connectivity index (χ2v) is 6.07. The van der Waals surface area contributed by atoms with Crippen molar-refractivity contribution >= 4 is 17.5 Å². The summed E-state index contributed by atoms with van der Waals surface area (Å²) in [7, 11) is 0. The summed E-state index contributed by atoms with van der Waals surface area (Å²) < 4.78 is 0. The van der Waals surface area contributed by atoms with E-state index >= 15 is 0 Å². The van der Waals surface area contributed by atoms with Crippen LogP contribution in [0.25, 0.3) is 0 Å². The summed E-state index contributed by atoms with van der Waals surface area (Å²) in [4.78, 5) is 13.9. The monoisotopic (exact) mass is 273 g/mol. The highest BCUT2D eigenvalue weighted by atomic mass is 35.5. The molecular weight excluding hydrogens is 246 g/mol. The van der Waals surface area contributed by atoms with Crippen molar-refractivity contribution in [1.82, 2.24) is 4.90 Å². The first-order valence-electron chi connectivity index (χ1n) is 7.66. The van der Waals surface area contributed by atoms with E-state index < -0.39 is 0 Å². The maximum absolute atomic E-state index is 11.9. The summed E-state index contributed by atoms with van der Waals surface area (Å²) >= 11 is 6.09. The minimum absolute atomic E-state index is 0.178. The fourth-order valence-electron chi connectivity index (χ4n) is 2.54. The van der Waals surface area contributed by atoms with E-state index in [2.05, 4.69) is 6.92 Å². The number of likely N-dealkylation sites (tertiary alicyclic amines) is 1. The van der Waals surface area contributed by atoms with E-state index in [0.29, 0.717) is 5.91 Å². The number of hydrogen-bond acceptors (Lipinski definition) is 1. The standard InChI is InChI=1S/C15H28ClNO/c1-2-3-4-5-6-7-8-11-15(18)17-12-9-10-14(16)13-17/h14H,2-13H2,1H3. The fraction of sp³-hybridized carbons (Fsp3) is 0.933. The Morgan fingerprint density at radius 1 is 1.17 bits per heavy atom. The number of halogens is 1. The van der Waals surface area contributed by atoms with Crippen molar-refractivity contribution < 1.29 is 4.79 Å². The highest BCUT2D eigenvalue weighted by Crippen LogP contribution is 2.17. The van der Waals surface area contributed by atoms with E-state index in [9.17, 15) is 4.79 Å². The summed E-state index contributed by atoms with van der Waals surface area (Å²) in [6, 6.07) is 0. The number of amides is 1. The molecule has 106 valence electrons. The predicted octanol–water partition coefficient (Wildman–Crippen LogP) is 4.36. The van der Waals surface area contributed by atoms with E-state index in [4.69, 9.17) is 11.6 Å². The molecule has 1 aliphatic heterocycles. The molecule has 2 nitrogen and oxygen atoms in total. The van der Waals surface area contributed by atoms with Gasteiger partial charge in [-0.15, -0.1) is 11.6 Å². The van der Waals surface area contributed by atoms with Crippen LogP contribution >= 0.6 is 11.6 Å². The van der Waals surface area contributed by atoms with E-state index in [1.165, 1.54) is 38.5 Å². The van der Waals surface area contributed by atoms with Gasteiger partial charge in [0.15, 0.2) is 0 Å². The maximum atomic E-state index is 11.9. The van der Waals surface area contributed by atoms with Gasteiger partial charge in [-0.2, -0.15) is 0 Å². The smallest absolute Gasteiger partial charge is 0.222 e. The first-order chi connectivity index (χ1) is 8.74. The van der Waals surface area contributed by atoms with Gasteiger partial charge >= 0.3 is 0 Å². The first-order valence-corrected chi connectivity index (χ1v) is 8.09. The molecule has 3 heteroatoms. The lowest BCUT2D eigenvalue weighted by atomic mass is 10.1. The van der Waals surface area contributed by atoms with Gasteiger partial charge in [-0.1, -0.05) is 45.4 Å². The van der Waals surface area contributed by atoms with Gasteiger partial charge in [-0.3, -0.25) is 4.79 Å². The molecule has 1 heterocycles. The second kappa shape index (κ2) is 9.66. The molecule has 0 aliphatic carbocycles. The Morgan fingerprint density at radius 3 is 2.50 bits per heavy atom. The summed E-state index contributed by atoms with van der Waals surface area (Å²) in [6.07, 6.45) is 11.7. The van der Waals surface area contributed by atoms with E-state index in [-0.39, 0.29) is 5.38 Å². The number of piperidine rings is 1. The van der Waals surface area contributed by atoms with Gasteiger partial charge in [0.05, 0.1) is 5.38 Å². The Balaban J connectivity index is 1.99. The molecule has 1 fully saturated rings. The van der Waals surface area contributed by atoms with Crippen molar-refractivity contribution in [2.45, 2.75) is 76.5 Å². The average Bonchev–Trinajstić information content (AvgIpc) is 2.37. The Hall–Kier alpha value is -0.240. The molecule has 1 atom stereocenters. The molecule has 0 saturated carbocycles. The zero-order valence-corrected chi connectivity index (χ0v) is 12.6. The van der Waals surface area contributed by atoms with Crippen LogP contribution in [0.4, 0.5) is 0 Å². The number of unbranched alkanes of at least 4 members (excludes halogenated alkanes) is 6. The zero-order valence-electron chi connectivity index (χ0n) is 11.8. The Labute approximate surface area is 117 Å². The fourth-order valence-corrected chi connectivity index (χ4v) is 2.86. The lowest BCUT2D eigenvalue weighted by molar-refractivity contribution is -0.132. The number of carbonyl (C=O) groups excluding carboxylic acids is 1. The molecule has 1 amide bonds. The molecule has 1 saturated heterocycles. The average molecular weight is 274 g/mol. The van der Waals surface area contributed by atoms with Crippen LogP contribution < -0.4 is 0 Å². The largest absolute Gasteiger partial charge is 0.341 e. The number of carbonyl (C=O) groups is 1. The number of alkyl halides is 1. The molecule has 0 aromatic carbocycles. The van der Waals surface area contributed by atoms with Crippen molar-refractivity contribution in [3.63, 3.8) is 0 Å². The molecule has 18 heavy (non-hydrogen) atoms. The lowest BCUT2D eigenvalue weighted by Gasteiger charge is -2.29. The molecule has 0 bridgehead atoms. The highest BCUT2D eigenvalue weighted by molar-refractivity contribution is 6.20. The van der Waals surface area contributed by atoms with Crippen LogP contribution in [0.5, 0.6) is 0 Å². The maximum Gasteiger partial charge on any atom is 0.222 e. The third-order valence-electron chi connectivity index (χ3n) is 3.71. The Morgan fingerprint density at radius 2 is 1.83 bits per heavy atom. The van der Waals surface area contributed by atoms with Crippen molar-refractivity contribution in [3.8, 4) is 0 Å². The number of hydrogen-bond donors (Lipinski definition) is 0. The van der Waals surface area contributed by atoms with Gasteiger partial charge < -0.3 is 4.90 Å². The van der Waals surface area contributed by atoms with Gasteiger partial charge in [-0.05, 0) is 19.3 Å². The van der Waals surface area contributed by atoms with E-state index in [1.54, 1.807) is 0 Å². The minimum atomic E-state index is 0.178. The molecule has 0 aromatic rings. The van der Waals surface area contributed by atoms with E-state index in [0.717, 1.165) is 38.8 Å². The molecule has 0 aromatic heterocycles. The van der Waals surface area contributed by atoms with Crippen LogP contribution in [0.1, 0.15) is 71.1 Å². The topological polar surface area (TPSA) is 20.3 Å². The van der Waals surface area contributed by atoms with Crippen LogP contribution in [0.3, 0.4) is 0 Å². The Bertz CT molecular complexity index is 233. The number of nitrogens with zero attached hydrogens (tertiary/aromatic N) is 1. The second-order valence-electron chi connectivity index (χ2n) is 5.45. The molecule has 0 spiro atoms. The van der Waals surface area contributed by atoms with Gasteiger partial charge in [0.2, 0.25) is 5.91 Å². The minimum Gasteiger partial charge on any atom is -0.341 e. The summed E-state index contributed by atoms with van der Waals surface area (Å²) in [5.41, 5.74) is 0. The third-order valence-corrected chi connectivity index (χ3v) is 4.07. The van der Waals surface area contributed by atoms with Crippen molar-refractivity contribution in [2.75, 3.05) is 13.1 Å². The van der Waals surface area contributed by atoms with Gasteiger partial charge in [-0.25, -0.2) is 0 Å². The van der Waals surface area contributed by atoms with Gasteiger partial charge in [0.25, 0.3) is 0 Å². The predicted molar refractivity (Wildman–Crippen MR) is 78.1 cm³/mol.